The summed E-state index contributed by atoms with van der Waals surface area (Å²) < 4.78 is 133. The van der Waals surface area contributed by atoms with Gasteiger partial charge in [-0.25, -0.2) is 52.7 Å². The molecule has 0 unspecified atom stereocenters. The molecular formula is C64H83N19O18S8. The number of aryl methyl sites for hydroxylation is 4. The summed E-state index contributed by atoms with van der Waals surface area (Å²) in [6.45, 7) is 5.28. The molecule has 4 aromatic heterocycles. The van der Waals surface area contributed by atoms with Gasteiger partial charge in [0.1, 0.15) is 38.6 Å². The van der Waals surface area contributed by atoms with Crippen molar-refractivity contribution < 1.29 is 77.1 Å². The van der Waals surface area contributed by atoms with Crippen LogP contribution in [-0.4, -0.2) is 216 Å². The maximum atomic E-state index is 13.1. The molecular weight excluding hydrogens is 1580 g/mol. The van der Waals surface area contributed by atoms with E-state index in [1.807, 2.05) is 14.0 Å². The topological polar surface area (TPSA) is 490 Å². The molecule has 8 rings (SSSR count). The average Bonchev–Trinajstić information content (AvgIpc) is 1.51. The summed E-state index contributed by atoms with van der Waals surface area (Å²) in [6.07, 6.45) is 20.2. The van der Waals surface area contributed by atoms with E-state index in [-0.39, 0.29) is 52.4 Å². The van der Waals surface area contributed by atoms with Crippen LogP contribution in [0, 0.1) is 10.1 Å². The first-order valence-electron chi connectivity index (χ1n) is 31.8. The number of aromatic nitrogens is 8. The van der Waals surface area contributed by atoms with Gasteiger partial charge in [-0.15, -0.1) is 13.2 Å². The molecule has 0 aliphatic carbocycles. The zero-order chi connectivity index (χ0) is 81.5. The highest BCUT2D eigenvalue weighted by Crippen LogP contribution is 2.44. The van der Waals surface area contributed by atoms with Gasteiger partial charge in [-0.3, -0.25) is 10.1 Å². The minimum Gasteiger partial charge on any atom is -0.478 e. The first kappa shape index (κ1) is 89.6. The minimum atomic E-state index is -4.36. The number of nitro groups is 1. The molecule has 0 aliphatic rings. The third-order valence-electron chi connectivity index (χ3n) is 13.9. The van der Waals surface area contributed by atoms with Crippen LogP contribution in [0.3, 0.4) is 0 Å². The van der Waals surface area contributed by atoms with Crippen LogP contribution in [0.2, 0.25) is 0 Å². The Kier molecular flexibility index (Phi) is 33.2. The number of nitro benzene ring substituents is 1. The molecule has 0 spiro atoms. The number of ether oxygens (including phenoxy) is 3. The molecule has 590 valence electrons. The Labute approximate surface area is 647 Å². The number of rotatable bonds is 31. The predicted octanol–water partition coefficient (Wildman–Crippen LogP) is 7.74. The first-order valence-corrected chi connectivity index (χ1v) is 40.9. The van der Waals surface area contributed by atoms with Gasteiger partial charge in [0.05, 0.1) is 79.5 Å². The van der Waals surface area contributed by atoms with Gasteiger partial charge in [-0.05, 0) is 102 Å². The van der Waals surface area contributed by atoms with Crippen LogP contribution in [0.1, 0.15) is 81.0 Å². The number of esters is 3. The largest absolute Gasteiger partial charge is 0.478 e. The Morgan fingerprint density at radius 1 is 0.514 bits per heavy atom. The molecule has 0 aliphatic heterocycles. The number of hydrogen-bond donors (Lipinski definition) is 5. The number of imidazole rings is 4. The number of carbonyl (C=O) groups excluding carboxylic acids is 3. The Morgan fingerprint density at radius 2 is 0.817 bits per heavy atom. The number of anilines is 3. The van der Waals surface area contributed by atoms with E-state index < -0.39 is 79.5 Å². The highest BCUT2D eigenvalue weighted by molar-refractivity contribution is 8.01. The molecule has 45 heteroatoms. The monoisotopic (exact) mass is 1660 g/mol. The second kappa shape index (κ2) is 40.4. The maximum Gasteiger partial charge on any atom is 0.338 e. The van der Waals surface area contributed by atoms with E-state index >= 15 is 0 Å². The second-order valence-corrected chi connectivity index (χ2v) is 33.5. The van der Waals surface area contributed by atoms with Crippen LogP contribution in [-0.2, 0) is 82.5 Å². The van der Waals surface area contributed by atoms with Crippen LogP contribution in [0.25, 0.3) is 0 Å². The van der Waals surface area contributed by atoms with Crippen molar-refractivity contribution in [3.05, 3.63) is 130 Å². The molecule has 0 bridgehead atoms. The molecule has 7 N–H and O–H groups in total. The fraction of sp³-hybridized carbons (Fsp3) is 0.328. The van der Waals surface area contributed by atoms with E-state index in [1.54, 1.807) is 131 Å². The first-order chi connectivity index (χ1) is 51.1. The number of carboxylic acid groups (broad SMARTS) is 1. The van der Waals surface area contributed by atoms with Gasteiger partial charge in [0, 0.05) is 145 Å². The number of nitrogen functional groups attached to an aromatic ring is 1. The number of sulfonamides is 4. The minimum absolute atomic E-state index is 0.0211. The van der Waals surface area contributed by atoms with Crippen LogP contribution < -0.4 is 21.5 Å². The number of nitrogens with one attached hydrogen (secondary N) is 2. The normalized spacial score (nSPS) is 11.6. The van der Waals surface area contributed by atoms with E-state index in [4.69, 9.17) is 15.6 Å². The third kappa shape index (κ3) is 25.5. The maximum absolute atomic E-state index is 13.1. The Morgan fingerprint density at radius 3 is 1.13 bits per heavy atom. The fourth-order valence-electron chi connectivity index (χ4n) is 8.46. The lowest BCUT2D eigenvalue weighted by molar-refractivity contribution is -0.388. The molecule has 0 radical (unpaired) electrons. The van der Waals surface area contributed by atoms with Crippen molar-refractivity contribution >= 4 is 153 Å². The number of methoxy groups -OCH3 is 3. The van der Waals surface area contributed by atoms with Crippen molar-refractivity contribution in [1.82, 2.24) is 52.9 Å². The molecule has 0 amide bonds. The summed E-state index contributed by atoms with van der Waals surface area (Å²) in [5.41, 5.74) is 6.22. The summed E-state index contributed by atoms with van der Waals surface area (Å²) in [5, 5.41) is 34.6. The molecule has 37 nitrogen and oxygen atoms in total. The lowest BCUT2D eigenvalue weighted by Crippen LogP contribution is -2.16. The molecule has 8 aromatic rings. The molecule has 0 fully saturated rings. The number of aromatic carboxylic acids is 1. The average molecular weight is 1660 g/mol. The van der Waals surface area contributed by atoms with E-state index in [1.165, 1.54) is 77.5 Å². The van der Waals surface area contributed by atoms with Crippen molar-refractivity contribution in [3.8, 4) is 0 Å². The smallest absolute Gasteiger partial charge is 0.338 e. The predicted molar refractivity (Wildman–Crippen MR) is 413 cm³/mol. The van der Waals surface area contributed by atoms with Gasteiger partial charge in [0.25, 0.3) is 35.8 Å². The van der Waals surface area contributed by atoms with Crippen LogP contribution in [0.4, 0.5) is 22.7 Å². The summed E-state index contributed by atoms with van der Waals surface area (Å²) in [6, 6.07) is 9.93. The van der Waals surface area contributed by atoms with Gasteiger partial charge in [0.2, 0.25) is 10.0 Å². The number of primary sulfonamides is 1. The highest BCUT2D eigenvalue weighted by Gasteiger charge is 2.32. The molecule has 0 saturated heterocycles. The SMILES string of the molecule is CCCCNc1cc(C(=O)O)cc(S(N)(=O)=O)c1Sc1nccn1C.CCCCNc1cc(C(=O)OC)cc(S(=O)(=O)N=CN(C)C)c1Sc1nccn1C.COC(=O)c1cc(N)c(Sc2nccn2C)c(S(=O)(=O)N=CN(C)C)c1.COC(=O)c1cc([N+](=O)[O-])c(Sc2nccn2C)c(S(=O)(=O)N=CN(C)C)c1. The molecule has 0 atom stereocenters. The van der Waals surface area contributed by atoms with Crippen molar-refractivity contribution in [2.24, 2.45) is 46.5 Å². The van der Waals surface area contributed by atoms with Crippen molar-refractivity contribution in [1.29, 1.82) is 0 Å². The lowest BCUT2D eigenvalue weighted by Gasteiger charge is -2.16. The van der Waals surface area contributed by atoms with E-state index in [0.717, 1.165) is 99.0 Å². The Hall–Kier alpha value is -10.0. The van der Waals surface area contributed by atoms with E-state index in [0.29, 0.717) is 54.9 Å². The highest BCUT2D eigenvalue weighted by atomic mass is 32.2. The van der Waals surface area contributed by atoms with E-state index in [9.17, 15) is 68.1 Å². The summed E-state index contributed by atoms with van der Waals surface area (Å²) in [4.78, 5) is 79.0. The quantitative estimate of drug-likeness (QED) is 0.00405. The van der Waals surface area contributed by atoms with Gasteiger partial charge in [-0.1, -0.05) is 26.7 Å². The molecule has 4 aromatic carbocycles. The number of carbonyl (C=O) groups is 4. The third-order valence-corrected chi connectivity index (χ3v) is 24.0. The number of benzene rings is 4. The summed E-state index contributed by atoms with van der Waals surface area (Å²) in [7, 11) is 3.63. The number of hydrogen-bond acceptors (Lipinski definition) is 28. The van der Waals surface area contributed by atoms with Crippen molar-refractivity contribution in [3.63, 3.8) is 0 Å². The zero-order valence-corrected chi connectivity index (χ0v) is 68.3. The number of nitrogens with zero attached hydrogens (tertiary/aromatic N) is 15. The Bertz CT molecular complexity index is 5160. The summed E-state index contributed by atoms with van der Waals surface area (Å²) >= 11 is 4.16. The number of nitrogens with two attached hydrogens (primary N) is 2. The number of carboxylic acids is 1. The summed E-state index contributed by atoms with van der Waals surface area (Å²) in [5.74, 6) is -3.46. The van der Waals surface area contributed by atoms with Gasteiger partial charge in [0.15, 0.2) is 20.6 Å². The molecule has 109 heavy (non-hydrogen) atoms. The van der Waals surface area contributed by atoms with Gasteiger partial charge in [-0.2, -0.15) is 25.3 Å². The van der Waals surface area contributed by atoms with Crippen LogP contribution in [0.15, 0.2) is 171 Å². The Balaban J connectivity index is 0.000000261. The van der Waals surface area contributed by atoms with Crippen molar-refractivity contribution in [2.45, 2.75) is 99.3 Å². The van der Waals surface area contributed by atoms with Crippen LogP contribution >= 0.6 is 47.0 Å². The fourth-order valence-corrected chi connectivity index (χ4v) is 17.6. The standard InChI is InChI=1S/C19H27N5O4S2.C15H17N5O6S2.C15H19N5O4S2.C15H20N4O4S2/c1-6-7-8-20-15-11-14(18(25)28-5)12-16(30(26,27)22-13-23(2)3)17(15)29-19-21-9-10-24(19)4;1-18(2)9-17-28(24,25)12-8-10(14(21)26-4)7-11(20(22)23)13(12)27-15-16-5-6-19(15)3;1-19(2)9-18-26(22,23)12-8-10(14(21)24-4)7-11(16)13(12)25-15-17-5-6-20(15)3;1-3-4-5-17-11-8-10(14(20)21)9-12(25(16,22)23)13(11)24-15-18-6-7-19(15)2/h9-13,20H,6-8H2,1-5H3;5-9H,1-4H3;5-9H,16H2,1-4H3;6-9,17H,3-5H2,1-2H3,(H,20,21)(H2,16,22,23). The van der Waals surface area contributed by atoms with E-state index in [2.05, 4.69) is 60.2 Å². The zero-order valence-electron chi connectivity index (χ0n) is 61.7. The molecule has 4 heterocycles. The van der Waals surface area contributed by atoms with Crippen LogP contribution in [0.5, 0.6) is 0 Å². The van der Waals surface area contributed by atoms with Gasteiger partial charge < -0.3 is 68.7 Å². The van der Waals surface area contributed by atoms with Gasteiger partial charge >= 0.3 is 23.9 Å². The second-order valence-electron chi connectivity index (χ2n) is 23.2. The lowest BCUT2D eigenvalue weighted by atomic mass is 10.2. The number of unbranched alkanes of at least 4 members (excludes halogenated alkanes) is 2. The molecule has 0 saturated carbocycles. The van der Waals surface area contributed by atoms with Crippen molar-refractivity contribution in [2.75, 3.05) is 93.1 Å².